The van der Waals surface area contributed by atoms with Gasteiger partial charge in [0.05, 0.1) is 12.1 Å². The predicted octanol–water partition coefficient (Wildman–Crippen LogP) is 3.07. The minimum Gasteiger partial charge on any atom is -0.462 e. The third-order valence-electron chi connectivity index (χ3n) is 5.38. The molecule has 31 heavy (non-hydrogen) atoms. The summed E-state index contributed by atoms with van der Waals surface area (Å²) in [5.41, 5.74) is -0.351. The van der Waals surface area contributed by atoms with Gasteiger partial charge in [-0.1, -0.05) is 0 Å². The number of halogens is 4. The Bertz CT molecular complexity index is 1000. The van der Waals surface area contributed by atoms with Crippen LogP contribution < -0.4 is 10.3 Å². The number of carbonyl (C=O) groups is 1. The van der Waals surface area contributed by atoms with Crippen LogP contribution in [0.3, 0.4) is 0 Å². The van der Waals surface area contributed by atoms with Crippen LogP contribution >= 0.6 is 0 Å². The number of H-pyrrole nitrogens is 1. The summed E-state index contributed by atoms with van der Waals surface area (Å²) >= 11 is 0. The van der Waals surface area contributed by atoms with Gasteiger partial charge in [0.1, 0.15) is 5.56 Å². The molecule has 0 bridgehead atoms. The molecular formula is C21H25F4N3O3. The molecule has 1 aliphatic heterocycles. The lowest BCUT2D eigenvalue weighted by Gasteiger charge is -2.37. The van der Waals surface area contributed by atoms with Gasteiger partial charge < -0.3 is 19.5 Å². The Morgan fingerprint density at radius 3 is 2.35 bits per heavy atom. The second-order valence-electron chi connectivity index (χ2n) is 7.52. The second-order valence-corrected chi connectivity index (χ2v) is 7.52. The lowest BCUT2D eigenvalue weighted by atomic mass is 9.95. The molecule has 0 aliphatic carbocycles. The van der Waals surface area contributed by atoms with Gasteiger partial charge in [-0.15, -0.1) is 0 Å². The monoisotopic (exact) mass is 443 g/mol. The van der Waals surface area contributed by atoms with E-state index in [-0.39, 0.29) is 34.2 Å². The van der Waals surface area contributed by atoms with Crippen molar-refractivity contribution in [3.63, 3.8) is 0 Å². The Morgan fingerprint density at radius 2 is 1.77 bits per heavy atom. The number of hydrogen-bond acceptors (Lipinski definition) is 5. The highest BCUT2D eigenvalue weighted by Crippen LogP contribution is 2.35. The van der Waals surface area contributed by atoms with Crippen LogP contribution in [-0.2, 0) is 17.6 Å². The predicted molar refractivity (Wildman–Crippen MR) is 110 cm³/mol. The van der Waals surface area contributed by atoms with E-state index < -0.39 is 37.1 Å². The van der Waals surface area contributed by atoms with Crippen molar-refractivity contribution in [3.8, 4) is 0 Å². The van der Waals surface area contributed by atoms with Gasteiger partial charge in [-0.3, -0.25) is 4.79 Å². The number of pyridine rings is 1. The maximum absolute atomic E-state index is 13.5. The Labute approximate surface area is 176 Å². The van der Waals surface area contributed by atoms with Crippen molar-refractivity contribution < 1.29 is 27.1 Å². The molecule has 0 atom stereocenters. The van der Waals surface area contributed by atoms with Gasteiger partial charge in [0.25, 0.3) is 0 Å². The Morgan fingerprint density at radius 1 is 1.13 bits per heavy atom. The van der Waals surface area contributed by atoms with Crippen LogP contribution in [0.5, 0.6) is 0 Å². The molecular weight excluding hydrogens is 418 g/mol. The van der Waals surface area contributed by atoms with Gasteiger partial charge in [-0.25, -0.2) is 22.4 Å². The van der Waals surface area contributed by atoms with E-state index in [1.165, 1.54) is 6.07 Å². The number of aromatic nitrogens is 1. The van der Waals surface area contributed by atoms with Gasteiger partial charge in [0.2, 0.25) is 18.3 Å². The average Bonchev–Trinajstić information content (AvgIpc) is 2.69. The number of likely N-dealkylation sites (N-methyl/N-ethyl adjacent to an activating group) is 1. The fourth-order valence-corrected chi connectivity index (χ4v) is 3.95. The highest BCUT2D eigenvalue weighted by molar-refractivity contribution is 5.96. The third kappa shape index (κ3) is 5.00. The molecule has 10 heteroatoms. The fourth-order valence-electron chi connectivity index (χ4n) is 3.95. The lowest BCUT2D eigenvalue weighted by molar-refractivity contribution is 0.0524. The van der Waals surface area contributed by atoms with Crippen LogP contribution in [0.15, 0.2) is 17.1 Å². The van der Waals surface area contributed by atoms with E-state index in [2.05, 4.69) is 9.88 Å². The summed E-state index contributed by atoms with van der Waals surface area (Å²) in [7, 11) is 1.92. The molecule has 6 nitrogen and oxygen atoms in total. The number of aromatic amines is 1. The molecule has 2 heterocycles. The number of rotatable bonds is 7. The number of carbonyl (C=O) groups excluding carboxylic acids is 1. The first-order valence-electron chi connectivity index (χ1n) is 10.1. The van der Waals surface area contributed by atoms with Crippen LogP contribution in [0.1, 0.15) is 28.4 Å². The summed E-state index contributed by atoms with van der Waals surface area (Å²) < 4.78 is 58.7. The van der Waals surface area contributed by atoms with Crippen LogP contribution in [0.25, 0.3) is 10.9 Å². The molecule has 0 amide bonds. The summed E-state index contributed by atoms with van der Waals surface area (Å²) in [6, 6.07) is 1.30. The van der Waals surface area contributed by atoms with Crippen LogP contribution in [0.4, 0.5) is 23.2 Å². The number of ether oxygens (including phenoxy) is 1. The van der Waals surface area contributed by atoms with Crippen LogP contribution in [0, 0.1) is 0 Å². The maximum atomic E-state index is 13.5. The number of alkyl halides is 4. The molecule has 0 radical (unpaired) electrons. The summed E-state index contributed by atoms with van der Waals surface area (Å²) in [6.45, 7) is 3.90. The average molecular weight is 443 g/mol. The van der Waals surface area contributed by atoms with Crippen molar-refractivity contribution in [1.29, 1.82) is 0 Å². The van der Waals surface area contributed by atoms with Gasteiger partial charge >= 0.3 is 5.97 Å². The molecule has 0 unspecified atom stereocenters. The van der Waals surface area contributed by atoms with Gasteiger partial charge in [-0.05, 0) is 25.6 Å². The number of nitrogens with zero attached hydrogens (tertiary/aromatic N) is 2. The zero-order chi connectivity index (χ0) is 22.7. The summed E-state index contributed by atoms with van der Waals surface area (Å²) in [5, 5.41) is -0.0743. The van der Waals surface area contributed by atoms with Crippen molar-refractivity contribution >= 4 is 22.6 Å². The van der Waals surface area contributed by atoms with Gasteiger partial charge in [-0.2, -0.15) is 0 Å². The number of benzene rings is 1. The van der Waals surface area contributed by atoms with Gasteiger partial charge in [0, 0.05) is 61.9 Å². The van der Waals surface area contributed by atoms with Gasteiger partial charge in [0.15, 0.2) is 0 Å². The van der Waals surface area contributed by atoms with Crippen molar-refractivity contribution in [2.75, 3.05) is 44.7 Å². The first-order valence-corrected chi connectivity index (χ1v) is 10.1. The van der Waals surface area contributed by atoms with Crippen LogP contribution in [0.2, 0.25) is 0 Å². The highest BCUT2D eigenvalue weighted by Gasteiger charge is 2.27. The highest BCUT2D eigenvalue weighted by atomic mass is 19.3. The topological polar surface area (TPSA) is 65.6 Å². The number of fused-ring (bicyclic) bond motifs is 1. The Balaban J connectivity index is 2.27. The zero-order valence-corrected chi connectivity index (χ0v) is 17.4. The standard InChI is InChI=1S/C21H25F4N3O3/c1-3-31-21(30)15-11-26-18-13(10-17(24)25)19(28-6-4-27(2)5-7-28)12(9-16(22)23)8-14(18)20(15)29/h8,11,16-17H,3-7,9-10H2,1-2H3,(H,26,29). The third-order valence-corrected chi connectivity index (χ3v) is 5.38. The Hall–Kier alpha value is -2.62. The molecule has 1 N–H and O–H groups in total. The molecule has 1 aliphatic rings. The van der Waals surface area contributed by atoms with Crippen LogP contribution in [-0.4, -0.2) is 68.5 Å². The summed E-state index contributed by atoms with van der Waals surface area (Å²) in [4.78, 5) is 31.7. The number of esters is 1. The minimum absolute atomic E-state index is 0.0475. The van der Waals surface area contributed by atoms with Crippen molar-refractivity contribution in [1.82, 2.24) is 9.88 Å². The Kier molecular flexibility index (Phi) is 7.19. The van der Waals surface area contributed by atoms with Crippen molar-refractivity contribution in [2.24, 2.45) is 0 Å². The minimum atomic E-state index is -2.75. The number of piperazine rings is 1. The number of hydrogen-bond donors (Lipinski definition) is 1. The quantitative estimate of drug-likeness (QED) is 0.526. The first-order chi connectivity index (χ1) is 14.7. The van der Waals surface area contributed by atoms with E-state index in [0.29, 0.717) is 31.9 Å². The van der Waals surface area contributed by atoms with E-state index in [1.807, 2.05) is 11.9 Å². The molecule has 0 spiro atoms. The summed E-state index contributed by atoms with van der Waals surface area (Å²) in [6.07, 6.45) is -5.72. The van der Waals surface area contributed by atoms with E-state index in [4.69, 9.17) is 4.74 Å². The number of nitrogens with one attached hydrogen (secondary N) is 1. The molecule has 1 aromatic carbocycles. The largest absolute Gasteiger partial charge is 0.462 e. The fraction of sp³-hybridized carbons (Fsp3) is 0.524. The molecule has 0 saturated carbocycles. The first kappa shape index (κ1) is 23.1. The zero-order valence-electron chi connectivity index (χ0n) is 17.4. The van der Waals surface area contributed by atoms with Crippen molar-refractivity contribution in [2.45, 2.75) is 32.6 Å². The normalized spacial score (nSPS) is 15.3. The lowest BCUT2D eigenvalue weighted by Crippen LogP contribution is -2.45. The molecule has 170 valence electrons. The van der Waals surface area contributed by atoms with E-state index in [1.54, 1.807) is 6.92 Å². The second kappa shape index (κ2) is 9.67. The maximum Gasteiger partial charge on any atom is 0.343 e. The molecule has 1 aromatic heterocycles. The molecule has 2 aromatic rings. The number of anilines is 1. The smallest absolute Gasteiger partial charge is 0.343 e. The summed E-state index contributed by atoms with van der Waals surface area (Å²) in [5.74, 6) is -0.861. The van der Waals surface area contributed by atoms with E-state index in [0.717, 1.165) is 6.20 Å². The molecule has 1 fully saturated rings. The molecule has 1 saturated heterocycles. The SMILES string of the molecule is CCOC(=O)c1c[nH]c2c(CC(F)F)c(N3CCN(C)CC3)c(CC(F)F)cc2c1=O. The van der Waals surface area contributed by atoms with E-state index >= 15 is 0 Å². The molecule has 3 rings (SSSR count). The van der Waals surface area contributed by atoms with E-state index in [9.17, 15) is 27.2 Å². The van der Waals surface area contributed by atoms with Crippen molar-refractivity contribution in [3.05, 3.63) is 39.2 Å².